The fraction of sp³-hybridized carbons (Fsp3) is 0.265. The molecule has 2 aromatic carbocycles. The fourth-order valence-corrected chi connectivity index (χ4v) is 6.10. The van der Waals surface area contributed by atoms with Crippen molar-refractivity contribution in [3.8, 4) is 16.9 Å². The normalized spacial score (nSPS) is 15.6. The number of hydrogen-bond acceptors (Lipinski definition) is 11. The topological polar surface area (TPSA) is 147 Å². The van der Waals surface area contributed by atoms with Crippen molar-refractivity contribution >= 4 is 11.4 Å². The number of tetrazole rings is 1. The molecule has 4 aromatic heterocycles. The quantitative estimate of drug-likeness (QED) is 0.189. The van der Waals surface area contributed by atoms with Crippen molar-refractivity contribution < 1.29 is 40.9 Å². The molecule has 2 atom stereocenters. The number of benzene rings is 2. The van der Waals surface area contributed by atoms with Crippen LogP contribution in [0, 0.1) is 11.6 Å². The third-order valence-electron chi connectivity index (χ3n) is 9.04. The van der Waals surface area contributed by atoms with Crippen molar-refractivity contribution in [2.24, 2.45) is 0 Å². The smallest absolute Gasteiger partial charge is 0.378 e. The number of aliphatic hydroxyl groups is 2. The molecule has 0 bridgehead atoms. The first-order chi connectivity index (χ1) is 25.7. The first-order valence-electron chi connectivity index (χ1n) is 16.2. The van der Waals surface area contributed by atoms with E-state index in [4.69, 9.17) is 0 Å². The van der Waals surface area contributed by atoms with Gasteiger partial charge in [-0.05, 0) is 58.5 Å². The van der Waals surface area contributed by atoms with Gasteiger partial charge in [0.05, 0.1) is 24.6 Å². The van der Waals surface area contributed by atoms with Gasteiger partial charge < -0.3 is 20.0 Å². The zero-order chi connectivity index (χ0) is 38.3. The summed E-state index contributed by atoms with van der Waals surface area (Å²) in [5.41, 5.74) is -2.74. The molecule has 1 aliphatic heterocycles. The summed E-state index contributed by atoms with van der Waals surface area (Å²) in [5, 5.41) is 38.1. The van der Waals surface area contributed by atoms with Crippen molar-refractivity contribution in [3.63, 3.8) is 0 Å². The lowest BCUT2D eigenvalue weighted by molar-refractivity contribution is -0.208. The second-order valence-electron chi connectivity index (χ2n) is 12.4. The standard InChI is InChI=1S/C34H28F7N11O2/c35-23-4-8-26(27(36)15-23)32(54,19-51-20-44-46-48-51)33(37,38)29-9-3-22(16-42-29)21-1-5-24(6-2-21)49-11-13-50(14-12-49)25-7-10-30(43-17-25)52-18-28(45-47-52)31(53)34(39,40)41/h1-10,15-18,20,31,53-54H,11-14,19H2. The van der Waals surface area contributed by atoms with Gasteiger partial charge in [-0.2, -0.15) is 22.0 Å². The lowest BCUT2D eigenvalue weighted by Crippen LogP contribution is -2.48. The number of anilines is 2. The van der Waals surface area contributed by atoms with E-state index < -0.39 is 58.9 Å². The van der Waals surface area contributed by atoms with Crippen LogP contribution in [-0.4, -0.2) is 87.7 Å². The first-order valence-corrected chi connectivity index (χ1v) is 16.2. The van der Waals surface area contributed by atoms with Crippen LogP contribution in [0.5, 0.6) is 0 Å². The Morgan fingerprint density at radius 3 is 2.04 bits per heavy atom. The lowest BCUT2D eigenvalue weighted by atomic mass is 9.84. The van der Waals surface area contributed by atoms with Crippen LogP contribution in [0.25, 0.3) is 16.9 Å². The average molecular weight is 756 g/mol. The minimum absolute atomic E-state index is 0.229. The summed E-state index contributed by atoms with van der Waals surface area (Å²) < 4.78 is 101. The van der Waals surface area contributed by atoms with Crippen molar-refractivity contribution in [1.29, 1.82) is 0 Å². The number of piperazine rings is 1. The Morgan fingerprint density at radius 2 is 1.44 bits per heavy atom. The number of hydrogen-bond donors (Lipinski definition) is 2. The molecule has 0 saturated carbocycles. The van der Waals surface area contributed by atoms with Crippen LogP contribution in [0.4, 0.5) is 42.1 Å². The zero-order valence-electron chi connectivity index (χ0n) is 27.7. The van der Waals surface area contributed by atoms with E-state index in [1.165, 1.54) is 12.3 Å². The summed E-state index contributed by atoms with van der Waals surface area (Å²) in [6.45, 7) is 1.60. The lowest BCUT2D eigenvalue weighted by Gasteiger charge is -2.37. The summed E-state index contributed by atoms with van der Waals surface area (Å²) in [6, 6.07) is 15.1. The van der Waals surface area contributed by atoms with Crippen LogP contribution < -0.4 is 9.80 Å². The summed E-state index contributed by atoms with van der Waals surface area (Å²) in [5.74, 6) is -6.35. The highest BCUT2D eigenvalue weighted by Crippen LogP contribution is 2.47. The van der Waals surface area contributed by atoms with Crippen molar-refractivity contribution in [3.05, 3.63) is 120 Å². The Kier molecular flexibility index (Phi) is 9.48. The number of nitrogens with zero attached hydrogens (tertiary/aromatic N) is 11. The summed E-state index contributed by atoms with van der Waals surface area (Å²) >= 11 is 0. The number of rotatable bonds is 10. The Labute approximate surface area is 300 Å². The molecule has 0 aliphatic carbocycles. The van der Waals surface area contributed by atoms with Gasteiger partial charge in [0, 0.05) is 55.3 Å². The van der Waals surface area contributed by atoms with E-state index in [2.05, 4.69) is 45.6 Å². The minimum atomic E-state index is -4.87. The van der Waals surface area contributed by atoms with Crippen LogP contribution >= 0.6 is 0 Å². The Hall–Kier alpha value is -6.02. The molecule has 1 aliphatic rings. The molecule has 0 radical (unpaired) electrons. The maximum atomic E-state index is 16.1. The predicted octanol–water partition coefficient (Wildman–Crippen LogP) is 4.59. The average Bonchev–Trinajstić information content (AvgIpc) is 3.87. The monoisotopic (exact) mass is 755 g/mol. The highest BCUT2D eigenvalue weighted by Gasteiger charge is 2.58. The predicted molar refractivity (Wildman–Crippen MR) is 176 cm³/mol. The second kappa shape index (κ2) is 14.1. The van der Waals surface area contributed by atoms with Gasteiger partial charge in [-0.1, -0.05) is 23.4 Å². The maximum absolute atomic E-state index is 16.1. The third kappa shape index (κ3) is 7.04. The van der Waals surface area contributed by atoms with Gasteiger partial charge in [-0.15, -0.1) is 10.2 Å². The summed E-state index contributed by atoms with van der Waals surface area (Å²) in [7, 11) is 0. The number of aromatic nitrogens is 9. The molecule has 54 heavy (non-hydrogen) atoms. The van der Waals surface area contributed by atoms with Gasteiger partial charge in [-0.3, -0.25) is 4.98 Å². The molecular formula is C34H28F7N11O2. The van der Waals surface area contributed by atoms with E-state index in [1.54, 1.807) is 18.3 Å². The highest BCUT2D eigenvalue weighted by atomic mass is 19.4. The number of alkyl halides is 5. The van der Waals surface area contributed by atoms with E-state index in [0.717, 1.165) is 51.5 Å². The van der Waals surface area contributed by atoms with E-state index >= 15 is 8.78 Å². The van der Waals surface area contributed by atoms with Crippen molar-refractivity contribution in [1.82, 2.24) is 45.2 Å². The maximum Gasteiger partial charge on any atom is 0.420 e. The van der Waals surface area contributed by atoms with Gasteiger partial charge in [0.15, 0.2) is 17.5 Å². The first kappa shape index (κ1) is 36.3. The summed E-state index contributed by atoms with van der Waals surface area (Å²) in [4.78, 5) is 12.5. The molecule has 6 aromatic rings. The van der Waals surface area contributed by atoms with E-state index in [0.29, 0.717) is 43.4 Å². The molecule has 13 nitrogen and oxygen atoms in total. The van der Waals surface area contributed by atoms with E-state index in [1.807, 2.05) is 24.3 Å². The van der Waals surface area contributed by atoms with E-state index in [9.17, 15) is 32.2 Å². The van der Waals surface area contributed by atoms with Crippen molar-refractivity contribution in [2.45, 2.75) is 30.3 Å². The van der Waals surface area contributed by atoms with Gasteiger partial charge >= 0.3 is 12.1 Å². The molecule has 0 spiro atoms. The molecule has 7 rings (SSSR count). The Balaban J connectivity index is 0.999. The largest absolute Gasteiger partial charge is 0.420 e. The van der Waals surface area contributed by atoms with Gasteiger partial charge in [0.1, 0.15) is 29.3 Å². The number of pyridine rings is 2. The van der Waals surface area contributed by atoms with Crippen LogP contribution in [0.2, 0.25) is 0 Å². The fourth-order valence-electron chi connectivity index (χ4n) is 6.10. The van der Waals surface area contributed by atoms with Crippen LogP contribution in [-0.2, 0) is 18.1 Å². The highest BCUT2D eigenvalue weighted by molar-refractivity contribution is 5.66. The van der Waals surface area contributed by atoms with Crippen LogP contribution in [0.15, 0.2) is 91.6 Å². The zero-order valence-corrected chi connectivity index (χ0v) is 27.7. The molecule has 2 unspecified atom stereocenters. The Morgan fingerprint density at radius 1 is 0.759 bits per heavy atom. The molecule has 5 heterocycles. The molecular weight excluding hydrogens is 727 g/mol. The Bertz CT molecular complexity index is 2190. The minimum Gasteiger partial charge on any atom is -0.378 e. The van der Waals surface area contributed by atoms with E-state index in [-0.39, 0.29) is 5.82 Å². The van der Waals surface area contributed by atoms with Gasteiger partial charge in [0.25, 0.3) is 0 Å². The summed E-state index contributed by atoms with van der Waals surface area (Å²) in [6.07, 6.45) is -2.89. The van der Waals surface area contributed by atoms with Gasteiger partial charge in [-0.25, -0.2) is 23.1 Å². The number of aliphatic hydroxyl groups excluding tert-OH is 1. The molecule has 20 heteroatoms. The number of halogens is 7. The molecule has 280 valence electrons. The van der Waals surface area contributed by atoms with Crippen molar-refractivity contribution in [2.75, 3.05) is 36.0 Å². The van der Waals surface area contributed by atoms with Crippen LogP contribution in [0.3, 0.4) is 0 Å². The molecule has 0 amide bonds. The molecule has 1 fully saturated rings. The third-order valence-corrected chi connectivity index (χ3v) is 9.04. The molecule has 2 N–H and O–H groups in total. The second-order valence-corrected chi connectivity index (χ2v) is 12.4. The SMILES string of the molecule is OC(c1cn(-c2ccc(N3CCN(c4ccc(-c5ccc(C(F)(F)C(O)(Cn6cnnn6)c6ccc(F)cc6F)nc5)cc4)CC3)cn2)nn1)C(F)(F)F. The molecule has 1 saturated heterocycles. The van der Waals surface area contributed by atoms with Crippen LogP contribution in [0.1, 0.15) is 23.1 Å². The van der Waals surface area contributed by atoms with Gasteiger partial charge in [0.2, 0.25) is 0 Å².